The van der Waals surface area contributed by atoms with Crippen LogP contribution in [0.2, 0.25) is 0 Å². The Kier molecular flexibility index (Phi) is 3.94. The Morgan fingerprint density at radius 2 is 2.38 bits per heavy atom. The van der Waals surface area contributed by atoms with Crippen LogP contribution in [-0.2, 0) is 4.79 Å². The molecule has 1 fully saturated rings. The van der Waals surface area contributed by atoms with E-state index in [1.807, 2.05) is 31.4 Å². The lowest BCUT2D eigenvalue weighted by Gasteiger charge is -2.27. The van der Waals surface area contributed by atoms with Crippen molar-refractivity contribution in [1.29, 1.82) is 0 Å². The van der Waals surface area contributed by atoms with Crippen LogP contribution in [0.4, 0.5) is 5.69 Å². The summed E-state index contributed by atoms with van der Waals surface area (Å²) in [4.78, 5) is 17.0. The number of carbonyl (C=O) groups excluding carboxylic acids is 1. The first-order valence-electron chi connectivity index (χ1n) is 7.04. The zero-order chi connectivity index (χ0) is 15.0. The summed E-state index contributed by atoms with van der Waals surface area (Å²) in [5.74, 6) is 0.0291. The zero-order valence-electron chi connectivity index (χ0n) is 12.2. The van der Waals surface area contributed by atoms with E-state index in [9.17, 15) is 4.79 Å². The van der Waals surface area contributed by atoms with Gasteiger partial charge in [-0.3, -0.25) is 4.79 Å². The van der Waals surface area contributed by atoms with Crippen molar-refractivity contribution in [2.24, 2.45) is 11.1 Å². The highest BCUT2D eigenvalue weighted by Crippen LogP contribution is 2.38. The summed E-state index contributed by atoms with van der Waals surface area (Å²) in [5, 5.41) is 3.03. The highest BCUT2D eigenvalue weighted by molar-refractivity contribution is 8.00. The molecule has 2 atom stereocenters. The smallest absolute Gasteiger partial charge is 0.231 e. The lowest BCUT2D eigenvalue weighted by Crippen LogP contribution is -2.44. The summed E-state index contributed by atoms with van der Waals surface area (Å²) in [6, 6.07) is 5.81. The summed E-state index contributed by atoms with van der Waals surface area (Å²) in [6.07, 6.45) is 4.83. The van der Waals surface area contributed by atoms with Crippen LogP contribution < -0.4 is 11.1 Å². The van der Waals surface area contributed by atoms with E-state index in [2.05, 4.69) is 10.3 Å². The third-order valence-electron chi connectivity index (χ3n) is 4.35. The first-order chi connectivity index (χ1) is 10.0. The Hall–Kier alpha value is -1.11. The van der Waals surface area contributed by atoms with Gasteiger partial charge < -0.3 is 11.1 Å². The van der Waals surface area contributed by atoms with Gasteiger partial charge in [0.2, 0.25) is 5.91 Å². The molecule has 1 heterocycles. The number of thioether (sulfide) groups is 1. The molecule has 0 bridgehead atoms. The van der Waals surface area contributed by atoms with E-state index >= 15 is 0 Å². The average molecular weight is 321 g/mol. The third-order valence-corrected chi connectivity index (χ3v) is 6.35. The lowest BCUT2D eigenvalue weighted by atomic mass is 9.84. The van der Waals surface area contributed by atoms with Crippen molar-refractivity contribution in [3.63, 3.8) is 0 Å². The molecule has 1 saturated carbocycles. The molecule has 1 aromatic heterocycles. The Bertz CT molecular complexity index is 685. The number of fused-ring (bicyclic) bond motifs is 1. The minimum atomic E-state index is -0.451. The number of benzene rings is 1. The number of amides is 1. The quantitative estimate of drug-likeness (QED) is 0.849. The van der Waals surface area contributed by atoms with Gasteiger partial charge in [-0.05, 0) is 44.2 Å². The molecule has 0 spiro atoms. The summed E-state index contributed by atoms with van der Waals surface area (Å²) in [6.45, 7) is 1.97. The minimum absolute atomic E-state index is 0.0291. The van der Waals surface area contributed by atoms with E-state index in [-0.39, 0.29) is 11.9 Å². The second-order valence-corrected chi connectivity index (χ2v) is 7.82. The van der Waals surface area contributed by atoms with Crippen LogP contribution in [0.3, 0.4) is 0 Å². The highest BCUT2D eigenvalue weighted by Gasteiger charge is 2.42. The molecule has 2 unspecified atom stereocenters. The molecule has 1 aromatic carbocycles. The molecule has 1 aliphatic rings. The van der Waals surface area contributed by atoms with Gasteiger partial charge in [-0.25, -0.2) is 4.98 Å². The topological polar surface area (TPSA) is 68.0 Å². The van der Waals surface area contributed by atoms with Crippen LogP contribution in [-0.4, -0.2) is 23.2 Å². The van der Waals surface area contributed by atoms with Crippen molar-refractivity contribution in [2.45, 2.75) is 36.6 Å². The molecule has 2 aromatic rings. The number of aromatic nitrogens is 1. The molecular weight excluding hydrogens is 302 g/mol. The molecule has 0 saturated heterocycles. The van der Waals surface area contributed by atoms with E-state index in [0.29, 0.717) is 0 Å². The van der Waals surface area contributed by atoms with Crippen molar-refractivity contribution >= 4 is 44.9 Å². The van der Waals surface area contributed by atoms with Gasteiger partial charge in [-0.1, -0.05) is 18.2 Å². The van der Waals surface area contributed by atoms with Gasteiger partial charge in [0.25, 0.3) is 0 Å². The molecule has 112 valence electrons. The van der Waals surface area contributed by atoms with Crippen LogP contribution in [0.5, 0.6) is 0 Å². The maximum absolute atomic E-state index is 12.5. The van der Waals surface area contributed by atoms with Crippen LogP contribution in [0.25, 0.3) is 10.2 Å². The number of thiazole rings is 1. The predicted molar refractivity (Wildman–Crippen MR) is 90.0 cm³/mol. The largest absolute Gasteiger partial charge is 0.327 e. The summed E-state index contributed by atoms with van der Waals surface area (Å²) < 4.78 is 2.14. The first-order valence-corrected chi connectivity index (χ1v) is 9.09. The Labute approximate surface area is 132 Å². The number of nitrogens with one attached hydrogen (secondary N) is 1. The number of hydrogen-bond acceptors (Lipinski definition) is 5. The number of rotatable bonds is 3. The van der Waals surface area contributed by atoms with E-state index < -0.39 is 5.41 Å². The molecular formula is C15H19N3OS2. The maximum atomic E-state index is 12.5. The van der Waals surface area contributed by atoms with Gasteiger partial charge in [0.15, 0.2) is 4.34 Å². The minimum Gasteiger partial charge on any atom is -0.327 e. The fourth-order valence-corrected chi connectivity index (χ4v) is 4.35. The molecule has 3 N–H and O–H groups in total. The van der Waals surface area contributed by atoms with Crippen molar-refractivity contribution in [3.8, 4) is 0 Å². The predicted octanol–water partition coefficient (Wildman–Crippen LogP) is 3.47. The molecule has 21 heavy (non-hydrogen) atoms. The van der Waals surface area contributed by atoms with Crippen molar-refractivity contribution in [1.82, 2.24) is 4.98 Å². The van der Waals surface area contributed by atoms with Gasteiger partial charge in [0.1, 0.15) is 0 Å². The van der Waals surface area contributed by atoms with E-state index in [1.165, 1.54) is 0 Å². The van der Waals surface area contributed by atoms with Crippen LogP contribution in [0.15, 0.2) is 22.5 Å². The van der Waals surface area contributed by atoms with Crippen molar-refractivity contribution in [3.05, 3.63) is 18.2 Å². The summed E-state index contributed by atoms with van der Waals surface area (Å²) in [5.41, 5.74) is 7.46. The maximum Gasteiger partial charge on any atom is 0.231 e. The van der Waals surface area contributed by atoms with Gasteiger partial charge in [0.05, 0.1) is 15.6 Å². The van der Waals surface area contributed by atoms with E-state index in [0.717, 1.165) is 39.5 Å². The normalized spacial score (nSPS) is 25.4. The molecule has 1 amide bonds. The van der Waals surface area contributed by atoms with Gasteiger partial charge >= 0.3 is 0 Å². The van der Waals surface area contributed by atoms with Crippen molar-refractivity contribution < 1.29 is 4.79 Å². The molecule has 0 aliphatic heterocycles. The third kappa shape index (κ3) is 2.67. The molecule has 6 heteroatoms. The number of anilines is 1. The number of nitrogens with zero attached hydrogens (tertiary/aromatic N) is 1. The Morgan fingerprint density at radius 1 is 1.57 bits per heavy atom. The molecule has 1 aliphatic carbocycles. The fourth-order valence-electron chi connectivity index (χ4n) is 2.82. The highest BCUT2D eigenvalue weighted by atomic mass is 32.2. The number of carbonyl (C=O) groups is 1. The molecule has 0 radical (unpaired) electrons. The van der Waals surface area contributed by atoms with Gasteiger partial charge in [-0.2, -0.15) is 0 Å². The van der Waals surface area contributed by atoms with E-state index in [1.54, 1.807) is 23.1 Å². The number of nitrogens with two attached hydrogens (primary N) is 1. The summed E-state index contributed by atoms with van der Waals surface area (Å²) in [7, 11) is 0. The first kappa shape index (κ1) is 14.8. The lowest BCUT2D eigenvalue weighted by molar-refractivity contribution is -0.125. The second kappa shape index (κ2) is 5.59. The monoisotopic (exact) mass is 321 g/mol. The fraction of sp³-hybridized carbons (Fsp3) is 0.467. The second-order valence-electron chi connectivity index (χ2n) is 5.74. The van der Waals surface area contributed by atoms with Crippen LogP contribution >= 0.6 is 23.1 Å². The average Bonchev–Trinajstić information content (AvgIpc) is 3.03. The van der Waals surface area contributed by atoms with Crippen molar-refractivity contribution in [2.75, 3.05) is 11.6 Å². The van der Waals surface area contributed by atoms with Crippen LogP contribution in [0.1, 0.15) is 26.2 Å². The zero-order valence-corrected chi connectivity index (χ0v) is 13.8. The number of hydrogen-bond donors (Lipinski definition) is 2. The summed E-state index contributed by atoms with van der Waals surface area (Å²) >= 11 is 3.28. The Morgan fingerprint density at radius 3 is 3.05 bits per heavy atom. The standard InChI is InChI=1S/C15H19N3OS2/c1-15(7-3-4-12(15)16)13(19)17-9-5-6-10-11(8-9)21-14(18-10)20-2/h5-6,8,12H,3-4,7,16H2,1-2H3,(H,17,19). The van der Waals surface area contributed by atoms with E-state index in [4.69, 9.17) is 5.73 Å². The molecule has 4 nitrogen and oxygen atoms in total. The molecule has 3 rings (SSSR count). The van der Waals surface area contributed by atoms with Crippen LogP contribution in [0, 0.1) is 5.41 Å². The van der Waals surface area contributed by atoms with Gasteiger partial charge in [0, 0.05) is 11.7 Å². The van der Waals surface area contributed by atoms with Gasteiger partial charge in [-0.15, -0.1) is 11.3 Å². The SMILES string of the molecule is CSc1nc2ccc(NC(=O)C3(C)CCCC3N)cc2s1. The Balaban J connectivity index is 1.82.